The molecule has 0 spiro atoms. The van der Waals surface area contributed by atoms with E-state index in [2.05, 4.69) is 6.58 Å². The van der Waals surface area contributed by atoms with Crippen LogP contribution in [-0.4, -0.2) is 23.3 Å². The third-order valence-electron chi connectivity index (χ3n) is 2.36. The van der Waals surface area contributed by atoms with Gasteiger partial charge >= 0.3 is 5.97 Å². The summed E-state index contributed by atoms with van der Waals surface area (Å²) in [6, 6.07) is 0. The average Bonchev–Trinajstić information content (AvgIpc) is 2.02. The van der Waals surface area contributed by atoms with Crippen molar-refractivity contribution in [3.8, 4) is 0 Å². The average molecular weight is 200 g/mol. The molecule has 1 N–H and O–H groups in total. The molecule has 1 unspecified atom stereocenters. The van der Waals surface area contributed by atoms with Crippen molar-refractivity contribution in [1.29, 1.82) is 0 Å². The van der Waals surface area contributed by atoms with Crippen molar-refractivity contribution in [2.45, 2.75) is 39.7 Å². The molecule has 0 aliphatic carbocycles. The summed E-state index contributed by atoms with van der Waals surface area (Å²) in [4.78, 5) is 11.2. The monoisotopic (exact) mass is 200 g/mol. The van der Waals surface area contributed by atoms with Gasteiger partial charge in [-0.3, -0.25) is 4.79 Å². The predicted octanol–water partition coefficient (Wildman–Crippen LogP) is 1.90. The highest BCUT2D eigenvalue weighted by Crippen LogP contribution is 2.34. The lowest BCUT2D eigenvalue weighted by molar-refractivity contribution is -0.150. The van der Waals surface area contributed by atoms with Crippen LogP contribution in [0, 0.1) is 5.41 Å². The first-order valence-electron chi connectivity index (χ1n) is 4.78. The molecule has 0 aliphatic rings. The molecular weight excluding hydrogens is 180 g/mol. The van der Waals surface area contributed by atoms with Crippen molar-refractivity contribution < 1.29 is 14.6 Å². The summed E-state index contributed by atoms with van der Waals surface area (Å²) in [6.07, 6.45) is 1.36. The Balaban J connectivity index is 4.57. The molecule has 0 heterocycles. The fraction of sp³-hybridized carbons (Fsp3) is 0.727. The van der Waals surface area contributed by atoms with Crippen LogP contribution in [0.1, 0.15) is 34.1 Å². The summed E-state index contributed by atoms with van der Waals surface area (Å²) in [5, 5.41) is 10.1. The second-order valence-electron chi connectivity index (χ2n) is 4.36. The standard InChI is InChI=1S/C11H20O3/c1-6-11(13,10(3,4)5)8-9(12)14-7-2/h6,13H,1,7-8H2,2-5H3. The molecule has 0 saturated carbocycles. The van der Waals surface area contributed by atoms with Crippen LogP contribution in [0.5, 0.6) is 0 Å². The summed E-state index contributed by atoms with van der Waals surface area (Å²) in [7, 11) is 0. The van der Waals surface area contributed by atoms with E-state index >= 15 is 0 Å². The Morgan fingerprint density at radius 2 is 2.00 bits per heavy atom. The van der Waals surface area contributed by atoms with Gasteiger partial charge in [0.1, 0.15) is 0 Å². The maximum atomic E-state index is 11.2. The molecule has 0 aromatic carbocycles. The summed E-state index contributed by atoms with van der Waals surface area (Å²) in [6.45, 7) is 11.2. The first-order chi connectivity index (χ1) is 6.27. The zero-order valence-electron chi connectivity index (χ0n) is 9.46. The van der Waals surface area contributed by atoms with Crippen LogP contribution in [0.2, 0.25) is 0 Å². The molecule has 0 fully saturated rings. The maximum absolute atomic E-state index is 11.2. The van der Waals surface area contributed by atoms with Gasteiger partial charge in [0.2, 0.25) is 0 Å². The van der Waals surface area contributed by atoms with Gasteiger partial charge in [0.15, 0.2) is 0 Å². The highest BCUT2D eigenvalue weighted by Gasteiger charge is 2.39. The number of carbonyl (C=O) groups excluding carboxylic acids is 1. The summed E-state index contributed by atoms with van der Waals surface area (Å²) >= 11 is 0. The number of esters is 1. The maximum Gasteiger partial charge on any atom is 0.309 e. The minimum Gasteiger partial charge on any atom is -0.466 e. The summed E-state index contributed by atoms with van der Waals surface area (Å²) in [5.74, 6) is -0.398. The Kier molecular flexibility index (Phi) is 4.33. The molecular formula is C11H20O3. The molecule has 0 saturated heterocycles. The first kappa shape index (κ1) is 13.2. The number of hydrogen-bond donors (Lipinski definition) is 1. The molecule has 1 atom stereocenters. The van der Waals surface area contributed by atoms with Crippen LogP contribution < -0.4 is 0 Å². The lowest BCUT2D eigenvalue weighted by atomic mass is 9.74. The van der Waals surface area contributed by atoms with Crippen molar-refractivity contribution in [3.63, 3.8) is 0 Å². The number of rotatable bonds is 4. The van der Waals surface area contributed by atoms with Crippen LogP contribution in [0.15, 0.2) is 12.7 Å². The lowest BCUT2D eigenvalue weighted by Crippen LogP contribution is -2.43. The Morgan fingerprint density at radius 3 is 2.29 bits per heavy atom. The minimum absolute atomic E-state index is 0.0478. The normalized spacial score (nSPS) is 15.8. The molecule has 14 heavy (non-hydrogen) atoms. The van der Waals surface area contributed by atoms with E-state index in [1.807, 2.05) is 20.8 Å². The summed E-state index contributed by atoms with van der Waals surface area (Å²) in [5.41, 5.74) is -1.64. The SMILES string of the molecule is C=CC(O)(CC(=O)OCC)C(C)(C)C. The number of ether oxygens (including phenoxy) is 1. The smallest absolute Gasteiger partial charge is 0.309 e. The van der Waals surface area contributed by atoms with Crippen LogP contribution in [0.3, 0.4) is 0 Å². The highest BCUT2D eigenvalue weighted by atomic mass is 16.5. The van der Waals surface area contributed by atoms with Gasteiger partial charge < -0.3 is 9.84 Å². The van der Waals surface area contributed by atoms with Crippen molar-refractivity contribution in [3.05, 3.63) is 12.7 Å². The number of hydrogen-bond acceptors (Lipinski definition) is 3. The Morgan fingerprint density at radius 1 is 1.50 bits per heavy atom. The van der Waals surface area contributed by atoms with E-state index in [4.69, 9.17) is 4.74 Å². The quantitative estimate of drug-likeness (QED) is 0.557. The molecule has 0 bridgehead atoms. The number of aliphatic hydroxyl groups is 1. The third-order valence-corrected chi connectivity index (χ3v) is 2.36. The number of carbonyl (C=O) groups is 1. The van der Waals surface area contributed by atoms with Gasteiger partial charge in [0.05, 0.1) is 18.6 Å². The Labute approximate surface area is 85.8 Å². The topological polar surface area (TPSA) is 46.5 Å². The molecule has 0 aliphatic heterocycles. The van der Waals surface area contributed by atoms with Crippen molar-refractivity contribution in [2.24, 2.45) is 5.41 Å². The molecule has 0 amide bonds. The molecule has 0 rings (SSSR count). The van der Waals surface area contributed by atoms with Crippen LogP contribution in [-0.2, 0) is 9.53 Å². The molecule has 0 aromatic heterocycles. The van der Waals surface area contributed by atoms with E-state index in [0.29, 0.717) is 6.61 Å². The Bertz CT molecular complexity index is 215. The summed E-state index contributed by atoms with van der Waals surface area (Å²) < 4.78 is 4.79. The zero-order chi connectivity index (χ0) is 11.4. The predicted molar refractivity (Wildman–Crippen MR) is 55.9 cm³/mol. The van der Waals surface area contributed by atoms with Gasteiger partial charge in [-0.05, 0) is 12.3 Å². The van der Waals surface area contributed by atoms with E-state index in [1.54, 1.807) is 6.92 Å². The van der Waals surface area contributed by atoms with Gasteiger partial charge in [-0.25, -0.2) is 0 Å². The van der Waals surface area contributed by atoms with Gasteiger partial charge in [0.25, 0.3) is 0 Å². The van der Waals surface area contributed by atoms with Crippen LogP contribution in [0.4, 0.5) is 0 Å². The van der Waals surface area contributed by atoms with Gasteiger partial charge in [0, 0.05) is 0 Å². The van der Waals surface area contributed by atoms with Gasteiger partial charge in [-0.15, -0.1) is 6.58 Å². The molecule has 0 radical (unpaired) electrons. The first-order valence-corrected chi connectivity index (χ1v) is 4.78. The second kappa shape index (κ2) is 4.60. The van der Waals surface area contributed by atoms with Crippen LogP contribution in [0.25, 0.3) is 0 Å². The van der Waals surface area contributed by atoms with Crippen molar-refractivity contribution in [2.75, 3.05) is 6.61 Å². The molecule has 3 nitrogen and oxygen atoms in total. The van der Waals surface area contributed by atoms with Gasteiger partial charge in [-0.1, -0.05) is 26.8 Å². The van der Waals surface area contributed by atoms with Crippen molar-refractivity contribution in [1.82, 2.24) is 0 Å². The minimum atomic E-state index is -1.21. The molecule has 82 valence electrons. The van der Waals surface area contributed by atoms with E-state index in [-0.39, 0.29) is 6.42 Å². The highest BCUT2D eigenvalue weighted by molar-refractivity contribution is 5.71. The van der Waals surface area contributed by atoms with E-state index in [9.17, 15) is 9.90 Å². The fourth-order valence-corrected chi connectivity index (χ4v) is 1.08. The second-order valence-corrected chi connectivity index (χ2v) is 4.36. The molecule has 3 heteroatoms. The Hall–Kier alpha value is -0.830. The zero-order valence-corrected chi connectivity index (χ0v) is 9.46. The van der Waals surface area contributed by atoms with E-state index < -0.39 is 17.0 Å². The molecule has 0 aromatic rings. The largest absolute Gasteiger partial charge is 0.466 e. The lowest BCUT2D eigenvalue weighted by Gasteiger charge is -2.36. The van der Waals surface area contributed by atoms with E-state index in [0.717, 1.165) is 0 Å². The van der Waals surface area contributed by atoms with Crippen LogP contribution >= 0.6 is 0 Å². The van der Waals surface area contributed by atoms with Crippen molar-refractivity contribution >= 4 is 5.97 Å². The van der Waals surface area contributed by atoms with Gasteiger partial charge in [-0.2, -0.15) is 0 Å². The third kappa shape index (κ3) is 3.14. The fourth-order valence-electron chi connectivity index (χ4n) is 1.08. The van der Waals surface area contributed by atoms with E-state index in [1.165, 1.54) is 6.08 Å².